The SMILES string of the molecule is Cl.O=C(CCCOc1ccccc1Cl)NC1CCCNC1. The second-order valence-electron chi connectivity index (χ2n) is 4.99. The number of halogens is 2. The number of para-hydroxylation sites is 1. The third-order valence-electron chi connectivity index (χ3n) is 3.30. The lowest BCUT2D eigenvalue weighted by atomic mass is 10.1. The van der Waals surface area contributed by atoms with Gasteiger partial charge in [-0.2, -0.15) is 0 Å². The Labute approximate surface area is 137 Å². The molecule has 2 rings (SSSR count). The zero-order chi connectivity index (χ0) is 14.2. The molecule has 1 unspecified atom stereocenters. The van der Waals surface area contributed by atoms with Gasteiger partial charge in [-0.05, 0) is 37.9 Å². The first-order valence-corrected chi connectivity index (χ1v) is 7.51. The van der Waals surface area contributed by atoms with Crippen molar-refractivity contribution in [3.8, 4) is 5.75 Å². The van der Waals surface area contributed by atoms with E-state index in [-0.39, 0.29) is 24.4 Å². The van der Waals surface area contributed by atoms with Gasteiger partial charge in [0, 0.05) is 19.0 Å². The molecule has 1 fully saturated rings. The van der Waals surface area contributed by atoms with Crippen LogP contribution in [0.15, 0.2) is 24.3 Å². The quantitative estimate of drug-likeness (QED) is 0.787. The zero-order valence-electron chi connectivity index (χ0n) is 11.9. The molecule has 0 radical (unpaired) electrons. The molecule has 4 nitrogen and oxygen atoms in total. The fourth-order valence-electron chi connectivity index (χ4n) is 2.25. The van der Waals surface area contributed by atoms with Gasteiger partial charge in [0.2, 0.25) is 5.91 Å². The highest BCUT2D eigenvalue weighted by molar-refractivity contribution is 6.32. The molecular weight excluding hydrogens is 311 g/mol. The summed E-state index contributed by atoms with van der Waals surface area (Å²) in [5.41, 5.74) is 0. The predicted octanol–water partition coefficient (Wildman–Crippen LogP) is 2.79. The summed E-state index contributed by atoms with van der Waals surface area (Å²) in [6, 6.07) is 7.64. The van der Waals surface area contributed by atoms with E-state index >= 15 is 0 Å². The number of nitrogens with one attached hydrogen (secondary N) is 2. The van der Waals surface area contributed by atoms with Crippen LogP contribution in [0.3, 0.4) is 0 Å². The molecule has 1 aromatic carbocycles. The monoisotopic (exact) mass is 332 g/mol. The molecule has 0 aliphatic carbocycles. The summed E-state index contributed by atoms with van der Waals surface area (Å²) in [5.74, 6) is 0.771. The second-order valence-corrected chi connectivity index (χ2v) is 5.40. The van der Waals surface area contributed by atoms with Gasteiger partial charge in [-0.15, -0.1) is 12.4 Å². The van der Waals surface area contributed by atoms with Gasteiger partial charge in [-0.3, -0.25) is 4.79 Å². The first-order valence-electron chi connectivity index (χ1n) is 7.13. The Morgan fingerprint density at radius 2 is 2.24 bits per heavy atom. The van der Waals surface area contributed by atoms with Crippen molar-refractivity contribution in [3.05, 3.63) is 29.3 Å². The molecule has 1 atom stereocenters. The number of carbonyl (C=O) groups is 1. The van der Waals surface area contributed by atoms with E-state index in [0.717, 1.165) is 25.9 Å². The summed E-state index contributed by atoms with van der Waals surface area (Å²) < 4.78 is 5.55. The standard InChI is InChI=1S/C15H21ClN2O2.ClH/c16-13-6-1-2-7-14(13)20-10-4-8-15(19)18-12-5-3-9-17-11-12;/h1-2,6-7,12,17H,3-5,8-11H2,(H,18,19);1H. The number of ether oxygens (including phenoxy) is 1. The number of piperidine rings is 1. The van der Waals surface area contributed by atoms with E-state index in [1.54, 1.807) is 6.07 Å². The van der Waals surface area contributed by atoms with Crippen molar-refractivity contribution in [1.82, 2.24) is 10.6 Å². The molecule has 1 heterocycles. The summed E-state index contributed by atoms with van der Waals surface area (Å²) in [4.78, 5) is 11.8. The third-order valence-corrected chi connectivity index (χ3v) is 3.62. The Morgan fingerprint density at radius 1 is 1.43 bits per heavy atom. The Balaban J connectivity index is 0.00000220. The molecule has 21 heavy (non-hydrogen) atoms. The number of rotatable bonds is 6. The second kappa shape index (κ2) is 9.87. The average Bonchev–Trinajstić information content (AvgIpc) is 2.46. The molecule has 2 N–H and O–H groups in total. The fourth-order valence-corrected chi connectivity index (χ4v) is 2.44. The van der Waals surface area contributed by atoms with Crippen LogP contribution in [0.2, 0.25) is 5.02 Å². The summed E-state index contributed by atoms with van der Waals surface area (Å²) in [6.07, 6.45) is 3.37. The van der Waals surface area contributed by atoms with Crippen molar-refractivity contribution in [2.24, 2.45) is 0 Å². The predicted molar refractivity (Wildman–Crippen MR) is 87.5 cm³/mol. The van der Waals surface area contributed by atoms with Gasteiger partial charge < -0.3 is 15.4 Å². The number of hydrogen-bond donors (Lipinski definition) is 2. The topological polar surface area (TPSA) is 50.4 Å². The lowest BCUT2D eigenvalue weighted by Crippen LogP contribution is -2.45. The Morgan fingerprint density at radius 3 is 2.95 bits per heavy atom. The molecule has 0 spiro atoms. The smallest absolute Gasteiger partial charge is 0.220 e. The van der Waals surface area contributed by atoms with E-state index in [1.165, 1.54) is 0 Å². The fraction of sp³-hybridized carbons (Fsp3) is 0.533. The van der Waals surface area contributed by atoms with Crippen LogP contribution in [-0.2, 0) is 4.79 Å². The van der Waals surface area contributed by atoms with E-state index in [1.807, 2.05) is 18.2 Å². The minimum atomic E-state index is 0. The van der Waals surface area contributed by atoms with Crippen LogP contribution in [0.1, 0.15) is 25.7 Å². The van der Waals surface area contributed by atoms with Crippen molar-refractivity contribution in [2.75, 3.05) is 19.7 Å². The Kier molecular flexibility index (Phi) is 8.50. The lowest BCUT2D eigenvalue weighted by molar-refractivity contribution is -0.122. The summed E-state index contributed by atoms with van der Waals surface area (Å²) in [7, 11) is 0. The van der Waals surface area contributed by atoms with Crippen molar-refractivity contribution in [2.45, 2.75) is 31.7 Å². The minimum absolute atomic E-state index is 0. The highest BCUT2D eigenvalue weighted by atomic mass is 35.5. The maximum absolute atomic E-state index is 11.8. The number of carbonyl (C=O) groups excluding carboxylic acids is 1. The molecular formula is C15H22Cl2N2O2. The van der Waals surface area contributed by atoms with Crippen LogP contribution in [0.25, 0.3) is 0 Å². The van der Waals surface area contributed by atoms with Crippen LogP contribution in [-0.4, -0.2) is 31.6 Å². The molecule has 1 aliphatic rings. The van der Waals surface area contributed by atoms with Crippen LogP contribution in [0.5, 0.6) is 5.75 Å². The molecule has 6 heteroatoms. The molecule has 1 amide bonds. The van der Waals surface area contributed by atoms with E-state index in [0.29, 0.717) is 30.2 Å². The molecule has 0 bridgehead atoms. The van der Waals surface area contributed by atoms with Crippen molar-refractivity contribution >= 4 is 29.9 Å². The molecule has 1 aromatic rings. The molecule has 0 aromatic heterocycles. The summed E-state index contributed by atoms with van der Waals surface area (Å²) >= 11 is 5.98. The van der Waals surface area contributed by atoms with Gasteiger partial charge in [0.15, 0.2) is 0 Å². The van der Waals surface area contributed by atoms with Crippen molar-refractivity contribution < 1.29 is 9.53 Å². The molecule has 0 saturated carbocycles. The van der Waals surface area contributed by atoms with Gasteiger partial charge in [0.05, 0.1) is 11.6 Å². The van der Waals surface area contributed by atoms with E-state index in [2.05, 4.69) is 10.6 Å². The highest BCUT2D eigenvalue weighted by Gasteiger charge is 2.14. The van der Waals surface area contributed by atoms with Crippen molar-refractivity contribution in [1.29, 1.82) is 0 Å². The van der Waals surface area contributed by atoms with Crippen LogP contribution in [0, 0.1) is 0 Å². The maximum Gasteiger partial charge on any atom is 0.220 e. The van der Waals surface area contributed by atoms with Gasteiger partial charge in [-0.25, -0.2) is 0 Å². The van der Waals surface area contributed by atoms with Gasteiger partial charge in [0.25, 0.3) is 0 Å². The highest BCUT2D eigenvalue weighted by Crippen LogP contribution is 2.23. The molecule has 118 valence electrons. The lowest BCUT2D eigenvalue weighted by Gasteiger charge is -2.23. The van der Waals surface area contributed by atoms with Gasteiger partial charge in [0.1, 0.15) is 5.75 Å². The number of hydrogen-bond acceptors (Lipinski definition) is 3. The van der Waals surface area contributed by atoms with Gasteiger partial charge in [-0.1, -0.05) is 23.7 Å². The Bertz CT molecular complexity index is 437. The molecule has 1 aliphatic heterocycles. The van der Waals surface area contributed by atoms with Crippen molar-refractivity contribution in [3.63, 3.8) is 0 Å². The van der Waals surface area contributed by atoms with E-state index in [4.69, 9.17) is 16.3 Å². The van der Waals surface area contributed by atoms with E-state index in [9.17, 15) is 4.79 Å². The summed E-state index contributed by atoms with van der Waals surface area (Å²) in [6.45, 7) is 2.43. The minimum Gasteiger partial charge on any atom is -0.492 e. The Hall–Kier alpha value is -0.970. The van der Waals surface area contributed by atoms with E-state index < -0.39 is 0 Å². The first-order chi connectivity index (χ1) is 9.75. The van der Waals surface area contributed by atoms with Crippen LogP contribution in [0.4, 0.5) is 0 Å². The normalized spacial score (nSPS) is 17.7. The zero-order valence-corrected chi connectivity index (χ0v) is 13.5. The van der Waals surface area contributed by atoms with Crippen LogP contribution < -0.4 is 15.4 Å². The largest absolute Gasteiger partial charge is 0.492 e. The molecule has 1 saturated heterocycles. The van der Waals surface area contributed by atoms with Crippen LogP contribution >= 0.6 is 24.0 Å². The number of benzene rings is 1. The summed E-state index contributed by atoms with van der Waals surface area (Å²) in [5, 5.41) is 6.93. The first kappa shape index (κ1) is 18.1. The maximum atomic E-state index is 11.8. The third kappa shape index (κ3) is 6.55. The average molecular weight is 333 g/mol. The van der Waals surface area contributed by atoms with Gasteiger partial charge >= 0.3 is 0 Å². The number of amides is 1.